The topological polar surface area (TPSA) is 54.9 Å². The summed E-state index contributed by atoms with van der Waals surface area (Å²) in [6.07, 6.45) is -4.15. The van der Waals surface area contributed by atoms with Crippen molar-refractivity contribution in [2.45, 2.75) is 52.4 Å². The van der Waals surface area contributed by atoms with Crippen LogP contribution in [0.15, 0.2) is 17.1 Å². The molecule has 1 aromatic rings. The van der Waals surface area contributed by atoms with Crippen molar-refractivity contribution in [3.63, 3.8) is 0 Å². The molecule has 1 aliphatic rings. The molecule has 0 radical (unpaired) electrons. The van der Waals surface area contributed by atoms with E-state index in [2.05, 4.69) is 15.6 Å². The fourth-order valence-electron chi connectivity index (χ4n) is 2.72. The summed E-state index contributed by atoms with van der Waals surface area (Å²) in [4.78, 5) is 4.38. The van der Waals surface area contributed by atoms with Crippen LogP contribution in [0.5, 0.6) is 11.5 Å². The largest absolute Gasteiger partial charge is 0.494 e. The highest BCUT2D eigenvalue weighted by Gasteiger charge is 2.26. The Hall–Kier alpha value is -1.39. The second kappa shape index (κ2) is 10.8. The third-order valence-corrected chi connectivity index (χ3v) is 3.83. The first-order valence-electron chi connectivity index (χ1n) is 8.86. The first kappa shape index (κ1) is 23.6. The van der Waals surface area contributed by atoms with Gasteiger partial charge in [0.25, 0.3) is 0 Å². The monoisotopic (exact) mass is 501 g/mol. The first-order valence-corrected chi connectivity index (χ1v) is 8.86. The van der Waals surface area contributed by atoms with E-state index in [4.69, 9.17) is 9.47 Å². The summed E-state index contributed by atoms with van der Waals surface area (Å²) in [6.45, 7) is 6.91. The van der Waals surface area contributed by atoms with Crippen LogP contribution >= 0.6 is 24.0 Å². The third kappa shape index (κ3) is 7.63. The van der Waals surface area contributed by atoms with Gasteiger partial charge in [-0.1, -0.05) is 0 Å². The van der Waals surface area contributed by atoms with E-state index in [9.17, 15) is 13.2 Å². The molecule has 0 bridgehead atoms. The molecule has 0 spiro atoms. The fraction of sp³-hybridized carbons (Fsp3) is 0.611. The molecule has 5 nitrogen and oxygen atoms in total. The summed E-state index contributed by atoms with van der Waals surface area (Å²) >= 11 is 0. The summed E-state index contributed by atoms with van der Waals surface area (Å²) in [7, 11) is 0. The molecule has 1 atom stereocenters. The van der Waals surface area contributed by atoms with Crippen LogP contribution in [-0.2, 0) is 13.0 Å². The smallest absolute Gasteiger partial charge is 0.390 e. The van der Waals surface area contributed by atoms with Crippen LogP contribution in [0, 0.1) is 0 Å². The van der Waals surface area contributed by atoms with Gasteiger partial charge in [0, 0.05) is 30.6 Å². The van der Waals surface area contributed by atoms with Crippen LogP contribution in [0.25, 0.3) is 0 Å². The molecule has 0 aliphatic carbocycles. The number of ether oxygens (including phenoxy) is 2. The molecule has 1 aromatic carbocycles. The zero-order valence-electron chi connectivity index (χ0n) is 15.8. The highest BCUT2D eigenvalue weighted by atomic mass is 127. The minimum absolute atomic E-state index is 0. The molecular formula is C18H27F3IN3O2. The van der Waals surface area contributed by atoms with Crippen molar-refractivity contribution in [2.75, 3.05) is 19.7 Å². The van der Waals surface area contributed by atoms with E-state index in [0.717, 1.165) is 29.0 Å². The SMILES string of the molecule is CCNC(=NCc1cc2c(cc1OCC)CC(C)O2)NCCC(F)(F)F.I. The van der Waals surface area contributed by atoms with Gasteiger partial charge in [-0.3, -0.25) is 0 Å². The Morgan fingerprint density at radius 2 is 2.04 bits per heavy atom. The number of alkyl halides is 3. The van der Waals surface area contributed by atoms with Gasteiger partial charge < -0.3 is 20.1 Å². The summed E-state index contributed by atoms with van der Waals surface area (Å²) < 4.78 is 48.4. The molecule has 154 valence electrons. The minimum atomic E-state index is -4.19. The molecule has 0 saturated heterocycles. The van der Waals surface area contributed by atoms with E-state index in [1.54, 1.807) is 0 Å². The van der Waals surface area contributed by atoms with Gasteiger partial charge in [0.2, 0.25) is 0 Å². The average Bonchev–Trinajstić information content (AvgIpc) is 2.90. The lowest BCUT2D eigenvalue weighted by Gasteiger charge is -2.14. The van der Waals surface area contributed by atoms with Gasteiger partial charge in [0.05, 0.1) is 19.6 Å². The predicted octanol–water partition coefficient (Wildman–Crippen LogP) is 4.03. The van der Waals surface area contributed by atoms with E-state index in [0.29, 0.717) is 19.1 Å². The average molecular weight is 501 g/mol. The van der Waals surface area contributed by atoms with E-state index in [-0.39, 0.29) is 43.2 Å². The molecule has 1 aliphatic heterocycles. The predicted molar refractivity (Wildman–Crippen MR) is 110 cm³/mol. The van der Waals surface area contributed by atoms with Gasteiger partial charge in [0.1, 0.15) is 17.6 Å². The number of guanidine groups is 1. The van der Waals surface area contributed by atoms with Crippen molar-refractivity contribution >= 4 is 29.9 Å². The fourth-order valence-corrected chi connectivity index (χ4v) is 2.72. The number of hydrogen-bond donors (Lipinski definition) is 2. The molecule has 0 amide bonds. The van der Waals surface area contributed by atoms with Gasteiger partial charge in [0.15, 0.2) is 5.96 Å². The van der Waals surface area contributed by atoms with Crippen molar-refractivity contribution in [1.82, 2.24) is 10.6 Å². The van der Waals surface area contributed by atoms with E-state index >= 15 is 0 Å². The first-order chi connectivity index (χ1) is 12.3. The summed E-state index contributed by atoms with van der Waals surface area (Å²) in [5.41, 5.74) is 1.94. The van der Waals surface area contributed by atoms with Gasteiger partial charge in [-0.15, -0.1) is 24.0 Å². The maximum Gasteiger partial charge on any atom is 0.390 e. The normalized spacial score (nSPS) is 16.2. The second-order valence-electron chi connectivity index (χ2n) is 6.12. The Morgan fingerprint density at radius 1 is 1.30 bits per heavy atom. The van der Waals surface area contributed by atoms with Crippen molar-refractivity contribution < 1.29 is 22.6 Å². The quantitative estimate of drug-likeness (QED) is 0.337. The Balaban J connectivity index is 0.00000364. The Morgan fingerprint density at radius 3 is 2.67 bits per heavy atom. The molecule has 9 heteroatoms. The van der Waals surface area contributed by atoms with Gasteiger partial charge in [-0.25, -0.2) is 4.99 Å². The maximum absolute atomic E-state index is 12.3. The number of rotatable bonds is 7. The van der Waals surface area contributed by atoms with Crippen LogP contribution < -0.4 is 20.1 Å². The minimum Gasteiger partial charge on any atom is -0.494 e. The number of nitrogens with zero attached hydrogens (tertiary/aromatic N) is 1. The molecule has 2 rings (SSSR count). The molecule has 2 N–H and O–H groups in total. The lowest BCUT2D eigenvalue weighted by Crippen LogP contribution is -2.38. The molecule has 0 fully saturated rings. The number of nitrogens with one attached hydrogen (secondary N) is 2. The summed E-state index contributed by atoms with van der Waals surface area (Å²) in [5, 5.41) is 5.65. The highest BCUT2D eigenvalue weighted by Crippen LogP contribution is 2.35. The van der Waals surface area contributed by atoms with Crippen LogP contribution in [0.1, 0.15) is 38.3 Å². The second-order valence-corrected chi connectivity index (χ2v) is 6.12. The van der Waals surface area contributed by atoms with Crippen molar-refractivity contribution in [1.29, 1.82) is 0 Å². The number of benzene rings is 1. The molecule has 1 unspecified atom stereocenters. The van der Waals surface area contributed by atoms with Crippen LogP contribution in [0.4, 0.5) is 13.2 Å². The van der Waals surface area contributed by atoms with Gasteiger partial charge >= 0.3 is 6.18 Å². The van der Waals surface area contributed by atoms with Crippen LogP contribution in [0.2, 0.25) is 0 Å². The maximum atomic E-state index is 12.3. The Kier molecular flexibility index (Phi) is 9.48. The molecule has 0 saturated carbocycles. The third-order valence-electron chi connectivity index (χ3n) is 3.83. The number of fused-ring (bicyclic) bond motifs is 1. The summed E-state index contributed by atoms with van der Waals surface area (Å²) in [6, 6.07) is 3.88. The number of aliphatic imine (C=N–C) groups is 1. The Bertz CT molecular complexity index is 639. The van der Waals surface area contributed by atoms with E-state index in [1.165, 1.54) is 0 Å². The van der Waals surface area contributed by atoms with E-state index in [1.807, 2.05) is 32.9 Å². The van der Waals surface area contributed by atoms with Gasteiger partial charge in [-0.05, 0) is 32.9 Å². The van der Waals surface area contributed by atoms with Crippen molar-refractivity contribution in [3.8, 4) is 11.5 Å². The van der Waals surface area contributed by atoms with Crippen LogP contribution in [0.3, 0.4) is 0 Å². The zero-order chi connectivity index (χ0) is 19.2. The lowest BCUT2D eigenvalue weighted by atomic mass is 10.1. The molecule has 1 heterocycles. The van der Waals surface area contributed by atoms with Gasteiger partial charge in [-0.2, -0.15) is 13.2 Å². The van der Waals surface area contributed by atoms with Crippen molar-refractivity contribution in [3.05, 3.63) is 23.3 Å². The lowest BCUT2D eigenvalue weighted by molar-refractivity contribution is -0.132. The number of halogens is 4. The zero-order valence-corrected chi connectivity index (χ0v) is 18.1. The highest BCUT2D eigenvalue weighted by molar-refractivity contribution is 14.0. The van der Waals surface area contributed by atoms with E-state index < -0.39 is 12.6 Å². The molecule has 27 heavy (non-hydrogen) atoms. The molecule has 0 aromatic heterocycles. The van der Waals surface area contributed by atoms with Crippen molar-refractivity contribution in [2.24, 2.45) is 4.99 Å². The Labute approximate surface area is 175 Å². The number of hydrogen-bond acceptors (Lipinski definition) is 3. The van der Waals surface area contributed by atoms with Crippen LogP contribution in [-0.4, -0.2) is 37.9 Å². The molecular weight excluding hydrogens is 474 g/mol. The summed E-state index contributed by atoms with van der Waals surface area (Å²) in [5.74, 6) is 1.90. The standard InChI is InChI=1S/C18H26F3N3O2.HI/c1-4-22-17(23-7-6-18(19,20)21)24-11-14-10-16-13(8-12(3)26-16)9-15(14)25-5-2;/h9-10,12H,4-8,11H2,1-3H3,(H2,22,23,24);1H.